The lowest BCUT2D eigenvalue weighted by atomic mass is 9.87. The minimum absolute atomic E-state index is 0.0809. The van der Waals surface area contributed by atoms with E-state index in [9.17, 15) is 9.59 Å². The van der Waals surface area contributed by atoms with E-state index in [1.165, 1.54) is 5.56 Å². The molecule has 5 nitrogen and oxygen atoms in total. The standard InChI is InChI=1S/C21H27NO4/c1-7-25-19(23)17-13(2)18(22-14(17)3)20(24)26-12-15-8-10-16(11-9-15)21(4,5)6/h8-11,22H,7,12H2,1-6H3. The molecule has 0 spiro atoms. The molecule has 1 aromatic carbocycles. The van der Waals surface area contributed by atoms with Crippen LogP contribution in [-0.4, -0.2) is 23.5 Å². The molecule has 0 unspecified atom stereocenters. The molecule has 1 heterocycles. The number of hydrogen-bond donors (Lipinski definition) is 1. The molecule has 0 aliphatic heterocycles. The molecule has 5 heteroatoms. The molecule has 0 fully saturated rings. The van der Waals surface area contributed by atoms with Crippen LogP contribution >= 0.6 is 0 Å². The van der Waals surface area contributed by atoms with E-state index in [4.69, 9.17) is 9.47 Å². The minimum atomic E-state index is -0.485. The number of carbonyl (C=O) groups excluding carboxylic acids is 2. The van der Waals surface area contributed by atoms with Gasteiger partial charge in [0.25, 0.3) is 0 Å². The van der Waals surface area contributed by atoms with Gasteiger partial charge >= 0.3 is 11.9 Å². The van der Waals surface area contributed by atoms with E-state index in [0.29, 0.717) is 16.8 Å². The monoisotopic (exact) mass is 357 g/mol. The number of H-pyrrole nitrogens is 1. The molecule has 0 saturated heterocycles. The van der Waals surface area contributed by atoms with Crippen molar-refractivity contribution in [1.82, 2.24) is 4.98 Å². The van der Waals surface area contributed by atoms with Gasteiger partial charge in [-0.1, -0.05) is 45.0 Å². The van der Waals surface area contributed by atoms with Gasteiger partial charge in [-0.15, -0.1) is 0 Å². The van der Waals surface area contributed by atoms with Crippen molar-refractivity contribution in [1.29, 1.82) is 0 Å². The Morgan fingerprint density at radius 3 is 2.15 bits per heavy atom. The maximum atomic E-state index is 12.4. The number of esters is 2. The third-order valence-corrected chi connectivity index (χ3v) is 4.31. The predicted octanol–water partition coefficient (Wildman–Crippen LogP) is 4.46. The van der Waals surface area contributed by atoms with Crippen molar-refractivity contribution in [3.05, 3.63) is 57.9 Å². The second kappa shape index (κ2) is 7.77. The minimum Gasteiger partial charge on any atom is -0.462 e. The van der Waals surface area contributed by atoms with Crippen molar-refractivity contribution in [2.24, 2.45) is 0 Å². The van der Waals surface area contributed by atoms with Crippen molar-refractivity contribution in [3.63, 3.8) is 0 Å². The van der Waals surface area contributed by atoms with Crippen molar-refractivity contribution >= 4 is 11.9 Å². The van der Waals surface area contributed by atoms with Gasteiger partial charge in [0.15, 0.2) is 0 Å². The summed E-state index contributed by atoms with van der Waals surface area (Å²) in [5, 5.41) is 0. The van der Waals surface area contributed by atoms with E-state index in [1.807, 2.05) is 24.3 Å². The molecule has 2 aromatic rings. The van der Waals surface area contributed by atoms with Gasteiger partial charge in [-0.05, 0) is 42.9 Å². The van der Waals surface area contributed by atoms with Crippen LogP contribution in [0.25, 0.3) is 0 Å². The molecule has 0 radical (unpaired) electrons. The summed E-state index contributed by atoms with van der Waals surface area (Å²) in [6, 6.07) is 8.02. The number of carbonyl (C=O) groups is 2. The largest absolute Gasteiger partial charge is 0.462 e. The summed E-state index contributed by atoms with van der Waals surface area (Å²) in [6.07, 6.45) is 0. The highest BCUT2D eigenvalue weighted by Crippen LogP contribution is 2.23. The highest BCUT2D eigenvalue weighted by molar-refractivity contribution is 5.98. The number of aryl methyl sites for hydroxylation is 1. The molecule has 0 saturated carbocycles. The van der Waals surface area contributed by atoms with Gasteiger partial charge in [0.2, 0.25) is 0 Å². The van der Waals surface area contributed by atoms with Crippen LogP contribution < -0.4 is 0 Å². The molecule has 1 N–H and O–H groups in total. The summed E-state index contributed by atoms with van der Waals surface area (Å²) in [5.41, 5.74) is 4.06. The zero-order valence-corrected chi connectivity index (χ0v) is 16.4. The van der Waals surface area contributed by atoms with Crippen molar-refractivity contribution in [2.75, 3.05) is 6.61 Å². The SMILES string of the molecule is CCOC(=O)c1c(C)[nH]c(C(=O)OCc2ccc(C(C)(C)C)cc2)c1C. The Labute approximate surface area is 154 Å². The number of aromatic amines is 1. The second-order valence-corrected chi connectivity index (χ2v) is 7.37. The van der Waals surface area contributed by atoms with E-state index in [1.54, 1.807) is 20.8 Å². The molecule has 0 amide bonds. The fourth-order valence-electron chi connectivity index (χ4n) is 2.79. The van der Waals surface area contributed by atoms with Crippen LogP contribution in [0.4, 0.5) is 0 Å². The van der Waals surface area contributed by atoms with Gasteiger partial charge in [-0.3, -0.25) is 0 Å². The molecule has 0 aliphatic carbocycles. The van der Waals surface area contributed by atoms with E-state index in [2.05, 4.69) is 25.8 Å². The Morgan fingerprint density at radius 1 is 1.00 bits per heavy atom. The Kier molecular flexibility index (Phi) is 5.90. The highest BCUT2D eigenvalue weighted by atomic mass is 16.5. The first kappa shape index (κ1) is 19.8. The molecule has 140 valence electrons. The summed E-state index contributed by atoms with van der Waals surface area (Å²) >= 11 is 0. The van der Waals surface area contributed by atoms with E-state index < -0.39 is 11.9 Å². The maximum absolute atomic E-state index is 12.4. The maximum Gasteiger partial charge on any atom is 0.355 e. The third-order valence-electron chi connectivity index (χ3n) is 4.31. The molecule has 0 atom stereocenters. The van der Waals surface area contributed by atoms with E-state index in [-0.39, 0.29) is 24.3 Å². The van der Waals surface area contributed by atoms with Gasteiger partial charge in [-0.25, -0.2) is 9.59 Å². The van der Waals surface area contributed by atoms with Gasteiger partial charge < -0.3 is 14.5 Å². The molecule has 26 heavy (non-hydrogen) atoms. The fourth-order valence-corrected chi connectivity index (χ4v) is 2.79. The van der Waals surface area contributed by atoms with Crippen LogP contribution in [0.3, 0.4) is 0 Å². The summed E-state index contributed by atoms with van der Waals surface area (Å²) in [7, 11) is 0. The zero-order chi connectivity index (χ0) is 19.5. The number of ether oxygens (including phenoxy) is 2. The lowest BCUT2D eigenvalue weighted by Crippen LogP contribution is -2.11. The molecule has 2 rings (SSSR count). The number of nitrogens with one attached hydrogen (secondary N) is 1. The van der Waals surface area contributed by atoms with Crippen LogP contribution in [0.2, 0.25) is 0 Å². The number of hydrogen-bond acceptors (Lipinski definition) is 4. The first-order valence-corrected chi connectivity index (χ1v) is 8.78. The Morgan fingerprint density at radius 2 is 1.62 bits per heavy atom. The molecule has 0 aliphatic rings. The summed E-state index contributed by atoms with van der Waals surface area (Å²) in [4.78, 5) is 27.4. The van der Waals surface area contributed by atoms with Gasteiger partial charge in [0.1, 0.15) is 12.3 Å². The van der Waals surface area contributed by atoms with Crippen molar-refractivity contribution < 1.29 is 19.1 Å². The molecular formula is C21H27NO4. The molecule has 0 bridgehead atoms. The third kappa shape index (κ3) is 4.34. The van der Waals surface area contributed by atoms with Gasteiger partial charge in [0.05, 0.1) is 12.2 Å². The average molecular weight is 357 g/mol. The van der Waals surface area contributed by atoms with Gasteiger partial charge in [0, 0.05) is 5.69 Å². The summed E-state index contributed by atoms with van der Waals surface area (Å²) in [5.74, 6) is -0.920. The summed E-state index contributed by atoms with van der Waals surface area (Å²) < 4.78 is 10.4. The fraction of sp³-hybridized carbons (Fsp3) is 0.429. The van der Waals surface area contributed by atoms with Crippen LogP contribution in [0.5, 0.6) is 0 Å². The Hall–Kier alpha value is -2.56. The second-order valence-electron chi connectivity index (χ2n) is 7.37. The Balaban J connectivity index is 2.09. The quantitative estimate of drug-likeness (QED) is 0.802. The first-order valence-electron chi connectivity index (χ1n) is 8.78. The van der Waals surface area contributed by atoms with Crippen molar-refractivity contribution in [3.8, 4) is 0 Å². The van der Waals surface area contributed by atoms with Crippen molar-refractivity contribution in [2.45, 2.75) is 53.6 Å². The molecule has 1 aromatic heterocycles. The predicted molar refractivity (Wildman–Crippen MR) is 100 cm³/mol. The van der Waals surface area contributed by atoms with Crippen LogP contribution in [0.15, 0.2) is 24.3 Å². The van der Waals surface area contributed by atoms with E-state index in [0.717, 1.165) is 5.56 Å². The molecular weight excluding hydrogens is 330 g/mol. The Bertz CT molecular complexity index is 795. The number of benzene rings is 1. The normalized spacial score (nSPS) is 11.3. The van der Waals surface area contributed by atoms with Crippen LogP contribution in [0.1, 0.15) is 70.9 Å². The van der Waals surface area contributed by atoms with Crippen LogP contribution in [-0.2, 0) is 21.5 Å². The van der Waals surface area contributed by atoms with Crippen LogP contribution in [0, 0.1) is 13.8 Å². The lowest BCUT2D eigenvalue weighted by Gasteiger charge is -2.19. The summed E-state index contributed by atoms with van der Waals surface area (Å²) in [6.45, 7) is 12.1. The van der Waals surface area contributed by atoms with E-state index >= 15 is 0 Å². The van der Waals surface area contributed by atoms with Gasteiger partial charge in [-0.2, -0.15) is 0 Å². The number of rotatable bonds is 5. The topological polar surface area (TPSA) is 68.4 Å². The lowest BCUT2D eigenvalue weighted by molar-refractivity contribution is 0.0465. The smallest absolute Gasteiger partial charge is 0.355 e. The average Bonchev–Trinajstić information content (AvgIpc) is 2.87. The highest BCUT2D eigenvalue weighted by Gasteiger charge is 2.23. The first-order chi connectivity index (χ1) is 12.1. The zero-order valence-electron chi connectivity index (χ0n) is 16.4. The number of aromatic nitrogens is 1.